The maximum Gasteiger partial charge on any atom is 0.296 e. The van der Waals surface area contributed by atoms with Gasteiger partial charge in [-0.1, -0.05) is 12.1 Å². The number of aromatic amines is 1. The van der Waals surface area contributed by atoms with E-state index in [1.807, 2.05) is 0 Å². The summed E-state index contributed by atoms with van der Waals surface area (Å²) >= 11 is 0. The third kappa shape index (κ3) is 4.36. The zero-order valence-corrected chi connectivity index (χ0v) is 20.8. The number of aryl methyl sites for hydroxylation is 1. The Bertz CT molecular complexity index is 1580. The van der Waals surface area contributed by atoms with Gasteiger partial charge in [-0.3, -0.25) is 19.1 Å². The standard InChI is InChI=1S/C28H27FN6O3/c1-15-9-16(5-7-21(15)29)10-19-13-31-25(32-19)23-24(36)28(38)35-14-17-4-6-20(26(35)34-23)22(11-17)33-27(37)18-3-2-8-30-12-18/h2-3,5,7-9,12-13,17,20,22,36H,4,6,10-11,14H2,1H3,(H,31,32)(H,33,37). The minimum Gasteiger partial charge on any atom is -0.501 e. The second kappa shape index (κ2) is 9.51. The van der Waals surface area contributed by atoms with Crippen LogP contribution in [-0.4, -0.2) is 41.6 Å². The number of pyridine rings is 1. The highest BCUT2D eigenvalue weighted by Gasteiger charge is 2.40. The molecule has 38 heavy (non-hydrogen) atoms. The van der Waals surface area contributed by atoms with Crippen molar-refractivity contribution >= 4 is 5.91 Å². The molecule has 1 aliphatic carbocycles. The molecule has 0 saturated heterocycles. The number of hydrogen-bond acceptors (Lipinski definition) is 6. The highest BCUT2D eigenvalue weighted by Crippen LogP contribution is 2.40. The SMILES string of the molecule is Cc1cc(Cc2cnc(-c3nc4n(c(=O)c3O)CC3CCC4C(NC(=O)c4cccnc4)C3)[nH]2)ccc1F. The number of aromatic nitrogens is 5. The fourth-order valence-electron chi connectivity index (χ4n) is 5.69. The largest absolute Gasteiger partial charge is 0.501 e. The molecule has 0 spiro atoms. The average molecular weight is 515 g/mol. The van der Waals surface area contributed by atoms with Gasteiger partial charge in [-0.05, 0) is 61.4 Å². The van der Waals surface area contributed by atoms with Gasteiger partial charge in [-0.2, -0.15) is 0 Å². The number of carbonyl (C=O) groups is 1. The van der Waals surface area contributed by atoms with Crippen LogP contribution in [0.3, 0.4) is 0 Å². The predicted octanol–water partition coefficient (Wildman–Crippen LogP) is 3.47. The summed E-state index contributed by atoms with van der Waals surface area (Å²) in [6.45, 7) is 2.15. The van der Waals surface area contributed by atoms with Crippen molar-refractivity contribution in [1.82, 2.24) is 29.8 Å². The molecule has 1 saturated carbocycles. The van der Waals surface area contributed by atoms with Gasteiger partial charge in [0.15, 0.2) is 11.5 Å². The fraction of sp³-hybridized carbons (Fsp3) is 0.321. The second-order valence-electron chi connectivity index (χ2n) is 10.2. The topological polar surface area (TPSA) is 126 Å². The lowest BCUT2D eigenvalue weighted by molar-refractivity contribution is 0.0912. The number of carbonyl (C=O) groups excluding carboxylic acids is 1. The van der Waals surface area contributed by atoms with Gasteiger partial charge < -0.3 is 15.4 Å². The van der Waals surface area contributed by atoms with Crippen LogP contribution < -0.4 is 10.9 Å². The molecule has 3 atom stereocenters. The van der Waals surface area contributed by atoms with Gasteiger partial charge in [0.2, 0.25) is 5.75 Å². The zero-order valence-electron chi connectivity index (χ0n) is 20.8. The van der Waals surface area contributed by atoms with Crippen molar-refractivity contribution in [2.75, 3.05) is 0 Å². The van der Waals surface area contributed by atoms with Gasteiger partial charge in [-0.15, -0.1) is 0 Å². The Kier molecular flexibility index (Phi) is 6.01. The molecule has 3 unspecified atom stereocenters. The molecule has 3 aromatic heterocycles. The van der Waals surface area contributed by atoms with E-state index >= 15 is 0 Å². The van der Waals surface area contributed by atoms with E-state index in [2.05, 4.69) is 20.3 Å². The number of imidazole rings is 1. The number of halogens is 1. The van der Waals surface area contributed by atoms with Crippen LogP contribution in [0.25, 0.3) is 11.5 Å². The summed E-state index contributed by atoms with van der Waals surface area (Å²) in [6.07, 6.45) is 7.64. The van der Waals surface area contributed by atoms with Crippen LogP contribution in [0.2, 0.25) is 0 Å². The second-order valence-corrected chi connectivity index (χ2v) is 10.2. The quantitative estimate of drug-likeness (QED) is 0.375. The normalized spacial score (nSPS) is 20.1. The van der Waals surface area contributed by atoms with E-state index < -0.39 is 11.3 Å². The molecule has 1 aromatic carbocycles. The van der Waals surface area contributed by atoms with Gasteiger partial charge in [0.1, 0.15) is 11.6 Å². The molecular weight excluding hydrogens is 487 g/mol. The third-order valence-electron chi connectivity index (χ3n) is 7.62. The predicted molar refractivity (Wildman–Crippen MR) is 137 cm³/mol. The number of H-pyrrole nitrogens is 1. The number of nitrogens with zero attached hydrogens (tertiary/aromatic N) is 4. The van der Waals surface area contributed by atoms with Crippen molar-refractivity contribution in [2.45, 2.75) is 51.1 Å². The van der Waals surface area contributed by atoms with E-state index in [4.69, 9.17) is 4.98 Å². The minimum absolute atomic E-state index is 0.0884. The van der Waals surface area contributed by atoms with Crippen LogP contribution >= 0.6 is 0 Å². The monoisotopic (exact) mass is 514 g/mol. The number of fused-ring (bicyclic) bond motifs is 2. The molecule has 0 radical (unpaired) electrons. The highest BCUT2D eigenvalue weighted by molar-refractivity contribution is 5.94. The average Bonchev–Trinajstić information content (AvgIpc) is 3.23. The molecule has 4 aromatic rings. The van der Waals surface area contributed by atoms with Crippen LogP contribution in [0, 0.1) is 18.7 Å². The molecule has 7 rings (SSSR count). The number of aromatic hydroxyl groups is 1. The first-order valence-corrected chi connectivity index (χ1v) is 12.7. The van der Waals surface area contributed by atoms with E-state index in [0.717, 1.165) is 30.5 Å². The Morgan fingerprint density at radius 1 is 1.26 bits per heavy atom. The van der Waals surface area contributed by atoms with Crippen molar-refractivity contribution in [3.63, 3.8) is 0 Å². The maximum absolute atomic E-state index is 13.6. The third-order valence-corrected chi connectivity index (χ3v) is 7.62. The molecule has 3 aliphatic rings. The van der Waals surface area contributed by atoms with Crippen LogP contribution in [0.1, 0.15) is 58.2 Å². The van der Waals surface area contributed by atoms with Crippen molar-refractivity contribution < 1.29 is 14.3 Å². The molecule has 5 heterocycles. The molecule has 2 bridgehead atoms. The number of nitrogens with one attached hydrogen (secondary N) is 2. The van der Waals surface area contributed by atoms with Crippen LogP contribution in [0.15, 0.2) is 53.7 Å². The smallest absolute Gasteiger partial charge is 0.296 e. The summed E-state index contributed by atoms with van der Waals surface area (Å²) in [5.74, 6) is -0.0932. The Morgan fingerprint density at radius 3 is 2.92 bits per heavy atom. The van der Waals surface area contributed by atoms with Crippen LogP contribution in [-0.2, 0) is 13.0 Å². The Hall–Kier alpha value is -4.34. The lowest BCUT2D eigenvalue weighted by Gasteiger charge is -2.32. The van der Waals surface area contributed by atoms with E-state index in [9.17, 15) is 19.1 Å². The number of rotatable bonds is 5. The summed E-state index contributed by atoms with van der Waals surface area (Å²) in [7, 11) is 0. The molecular formula is C28H27FN6O3. The molecule has 1 fully saturated rings. The molecule has 9 nitrogen and oxygen atoms in total. The van der Waals surface area contributed by atoms with Gasteiger partial charge in [0, 0.05) is 49.2 Å². The lowest BCUT2D eigenvalue weighted by Crippen LogP contribution is -2.42. The van der Waals surface area contributed by atoms with Crippen LogP contribution in [0.4, 0.5) is 4.39 Å². The summed E-state index contributed by atoms with van der Waals surface area (Å²) in [6, 6.07) is 8.15. The van der Waals surface area contributed by atoms with E-state index in [0.29, 0.717) is 29.9 Å². The summed E-state index contributed by atoms with van der Waals surface area (Å²) in [4.78, 5) is 42.5. The summed E-state index contributed by atoms with van der Waals surface area (Å²) < 4.78 is 15.2. The Balaban J connectivity index is 1.32. The highest BCUT2D eigenvalue weighted by atomic mass is 19.1. The van der Waals surface area contributed by atoms with Gasteiger partial charge >= 0.3 is 0 Å². The Morgan fingerprint density at radius 2 is 2.13 bits per heavy atom. The lowest BCUT2D eigenvalue weighted by atomic mass is 9.79. The maximum atomic E-state index is 13.6. The number of amides is 1. The van der Waals surface area contributed by atoms with Gasteiger partial charge in [0.05, 0.1) is 5.56 Å². The minimum atomic E-state index is -0.506. The van der Waals surface area contributed by atoms with E-state index in [1.54, 1.807) is 48.1 Å². The van der Waals surface area contributed by atoms with Crippen molar-refractivity contribution in [1.29, 1.82) is 0 Å². The first-order valence-electron chi connectivity index (χ1n) is 12.7. The first kappa shape index (κ1) is 24.0. The Labute approximate surface area is 217 Å². The number of hydrogen-bond donors (Lipinski definition) is 3. The fourth-order valence-corrected chi connectivity index (χ4v) is 5.69. The van der Waals surface area contributed by atoms with E-state index in [1.165, 1.54) is 12.3 Å². The van der Waals surface area contributed by atoms with E-state index in [-0.39, 0.29) is 41.1 Å². The molecule has 10 heteroatoms. The summed E-state index contributed by atoms with van der Waals surface area (Å²) in [5.41, 5.74) is 2.26. The molecule has 3 N–H and O–H groups in total. The van der Waals surface area contributed by atoms with Crippen molar-refractivity contribution in [2.24, 2.45) is 5.92 Å². The summed E-state index contributed by atoms with van der Waals surface area (Å²) in [5, 5.41) is 14.0. The molecule has 194 valence electrons. The van der Waals surface area contributed by atoms with Crippen LogP contribution in [0.5, 0.6) is 5.75 Å². The van der Waals surface area contributed by atoms with Gasteiger partial charge in [-0.25, -0.2) is 14.4 Å². The molecule has 2 aliphatic heterocycles. The molecule has 1 amide bonds. The number of benzene rings is 1. The first-order chi connectivity index (χ1) is 18.4. The van der Waals surface area contributed by atoms with Gasteiger partial charge in [0.25, 0.3) is 11.5 Å². The van der Waals surface area contributed by atoms with Crippen molar-refractivity contribution in [3.8, 4) is 17.3 Å². The van der Waals surface area contributed by atoms with Crippen molar-refractivity contribution in [3.05, 3.63) is 93.3 Å². The zero-order chi connectivity index (χ0) is 26.4.